The molecule has 0 bridgehead atoms. The van der Waals surface area contributed by atoms with E-state index in [2.05, 4.69) is 26.1 Å². The highest BCUT2D eigenvalue weighted by Gasteiger charge is 2.22. The molecule has 25 heavy (non-hydrogen) atoms. The number of nitrogens with zero attached hydrogens (tertiary/aromatic N) is 2. The van der Waals surface area contributed by atoms with Gasteiger partial charge in [-0.05, 0) is 57.1 Å². The second-order valence-electron chi connectivity index (χ2n) is 6.22. The molecule has 1 aromatic carbocycles. The number of amides is 1. The number of benzene rings is 1. The quantitative estimate of drug-likeness (QED) is 0.720. The fourth-order valence-corrected chi connectivity index (χ4v) is 3.28. The first-order valence-corrected chi connectivity index (χ1v) is 8.93. The fraction of sp³-hybridized carbons (Fsp3) is 0.529. The third kappa shape index (κ3) is 7.73. The molecule has 0 radical (unpaired) electrons. The summed E-state index contributed by atoms with van der Waals surface area (Å²) in [5.74, 6) is -0.817. The number of carbonyl (C=O) groups is 2. The topological polar surface area (TPSA) is 72.9 Å². The van der Waals surface area contributed by atoms with E-state index in [1.807, 2.05) is 36.2 Å². The number of carboxylic acid groups (broad SMARTS) is 1. The minimum absolute atomic E-state index is 0. The van der Waals surface area contributed by atoms with Crippen molar-refractivity contribution < 1.29 is 14.7 Å². The Morgan fingerprint density at radius 2 is 1.96 bits per heavy atom. The Hall–Kier alpha value is -1.15. The van der Waals surface area contributed by atoms with Gasteiger partial charge in [-0.1, -0.05) is 15.9 Å². The summed E-state index contributed by atoms with van der Waals surface area (Å²) in [7, 11) is 1.86. The summed E-state index contributed by atoms with van der Waals surface area (Å²) in [6, 6.07) is 7.78. The van der Waals surface area contributed by atoms with Crippen LogP contribution in [0.25, 0.3) is 0 Å². The number of carboxylic acids is 1. The van der Waals surface area contributed by atoms with Crippen molar-refractivity contribution in [2.75, 3.05) is 38.5 Å². The van der Waals surface area contributed by atoms with Crippen molar-refractivity contribution in [3.05, 3.63) is 28.7 Å². The molecular formula is C17H25BrClN3O3. The van der Waals surface area contributed by atoms with Gasteiger partial charge in [0.05, 0.1) is 13.1 Å². The lowest BCUT2D eigenvalue weighted by Gasteiger charge is -2.25. The van der Waals surface area contributed by atoms with Crippen molar-refractivity contribution in [2.24, 2.45) is 0 Å². The van der Waals surface area contributed by atoms with Crippen LogP contribution in [0.3, 0.4) is 0 Å². The molecule has 1 fully saturated rings. The van der Waals surface area contributed by atoms with Crippen molar-refractivity contribution in [1.82, 2.24) is 9.80 Å². The minimum atomic E-state index is -0.799. The zero-order valence-electron chi connectivity index (χ0n) is 14.3. The largest absolute Gasteiger partial charge is 0.480 e. The highest BCUT2D eigenvalue weighted by molar-refractivity contribution is 9.10. The van der Waals surface area contributed by atoms with E-state index < -0.39 is 5.97 Å². The summed E-state index contributed by atoms with van der Waals surface area (Å²) in [6.45, 7) is 2.10. The van der Waals surface area contributed by atoms with Gasteiger partial charge in [-0.3, -0.25) is 19.4 Å². The molecule has 8 heteroatoms. The number of aliphatic carboxylic acids is 1. The van der Waals surface area contributed by atoms with E-state index in [0.717, 1.165) is 42.5 Å². The van der Waals surface area contributed by atoms with E-state index in [4.69, 9.17) is 5.11 Å². The van der Waals surface area contributed by atoms with Gasteiger partial charge in [0, 0.05) is 22.7 Å². The first kappa shape index (κ1) is 21.9. The highest BCUT2D eigenvalue weighted by Crippen LogP contribution is 2.17. The van der Waals surface area contributed by atoms with E-state index in [9.17, 15) is 9.59 Å². The van der Waals surface area contributed by atoms with Gasteiger partial charge < -0.3 is 10.4 Å². The standard InChI is InChI=1S/C17H24BrN3O3.ClH/c1-20(12-17(23)24)15-3-2-9-21(10-8-15)11-16(22)19-14-6-4-13(18)5-7-14;/h4-7,15H,2-3,8-12H2,1H3,(H,19,22)(H,23,24);1H. The first-order chi connectivity index (χ1) is 11.4. The third-order valence-electron chi connectivity index (χ3n) is 4.29. The van der Waals surface area contributed by atoms with E-state index in [1.54, 1.807) is 0 Å². The molecule has 0 aromatic heterocycles. The van der Waals surface area contributed by atoms with Crippen LogP contribution < -0.4 is 5.32 Å². The molecule has 6 nitrogen and oxygen atoms in total. The summed E-state index contributed by atoms with van der Waals surface area (Å²) in [5.41, 5.74) is 0.789. The summed E-state index contributed by atoms with van der Waals surface area (Å²) in [6.07, 6.45) is 2.82. The lowest BCUT2D eigenvalue weighted by Crippen LogP contribution is -2.37. The van der Waals surface area contributed by atoms with E-state index in [0.29, 0.717) is 6.54 Å². The van der Waals surface area contributed by atoms with Gasteiger partial charge in [-0.2, -0.15) is 0 Å². The number of carbonyl (C=O) groups excluding carboxylic acids is 1. The molecule has 1 amide bonds. The monoisotopic (exact) mass is 433 g/mol. The lowest BCUT2D eigenvalue weighted by atomic mass is 10.1. The molecule has 0 saturated carbocycles. The van der Waals surface area contributed by atoms with E-state index in [1.165, 1.54) is 0 Å². The third-order valence-corrected chi connectivity index (χ3v) is 4.82. The summed E-state index contributed by atoms with van der Waals surface area (Å²) in [4.78, 5) is 27.1. The molecule has 0 spiro atoms. The number of hydrogen-bond donors (Lipinski definition) is 2. The Bertz CT molecular complexity index is 571. The zero-order chi connectivity index (χ0) is 17.5. The van der Waals surface area contributed by atoms with Gasteiger partial charge in [0.25, 0.3) is 0 Å². The van der Waals surface area contributed by atoms with Crippen molar-refractivity contribution in [3.8, 4) is 0 Å². The number of nitrogens with one attached hydrogen (secondary N) is 1. The zero-order valence-corrected chi connectivity index (χ0v) is 16.7. The summed E-state index contributed by atoms with van der Waals surface area (Å²) >= 11 is 3.37. The Morgan fingerprint density at radius 1 is 1.28 bits per heavy atom. The molecule has 1 heterocycles. The predicted octanol–water partition coefficient (Wildman–Crippen LogP) is 2.68. The number of likely N-dealkylation sites (tertiary alicyclic amines) is 1. The maximum absolute atomic E-state index is 12.2. The Morgan fingerprint density at radius 3 is 2.60 bits per heavy atom. The van der Waals surface area contributed by atoms with Crippen LogP contribution in [0, 0.1) is 0 Å². The van der Waals surface area contributed by atoms with Crippen LogP contribution in [0.2, 0.25) is 0 Å². The number of rotatable bonds is 6. The van der Waals surface area contributed by atoms with Gasteiger partial charge in [0.2, 0.25) is 5.91 Å². The van der Waals surface area contributed by atoms with Crippen LogP contribution >= 0.6 is 28.3 Å². The Kier molecular flexibility index (Phi) is 9.42. The molecule has 140 valence electrons. The van der Waals surface area contributed by atoms with Crippen molar-refractivity contribution in [3.63, 3.8) is 0 Å². The van der Waals surface area contributed by atoms with Crippen molar-refractivity contribution in [2.45, 2.75) is 25.3 Å². The van der Waals surface area contributed by atoms with Gasteiger partial charge in [-0.25, -0.2) is 0 Å². The normalized spacial score (nSPS) is 18.3. The number of anilines is 1. The van der Waals surface area contributed by atoms with Crippen LogP contribution in [-0.4, -0.2) is 66.1 Å². The van der Waals surface area contributed by atoms with Crippen molar-refractivity contribution >= 4 is 45.9 Å². The molecule has 1 aromatic rings. The van der Waals surface area contributed by atoms with Gasteiger partial charge in [-0.15, -0.1) is 12.4 Å². The van der Waals surface area contributed by atoms with Gasteiger partial charge in [0.15, 0.2) is 0 Å². The predicted molar refractivity (Wildman–Crippen MR) is 104 cm³/mol. The van der Waals surface area contributed by atoms with Crippen LogP contribution in [0.4, 0.5) is 5.69 Å². The molecule has 1 saturated heterocycles. The summed E-state index contributed by atoms with van der Waals surface area (Å²) < 4.78 is 0.976. The second-order valence-corrected chi connectivity index (χ2v) is 7.14. The van der Waals surface area contributed by atoms with Crippen LogP contribution in [-0.2, 0) is 9.59 Å². The molecule has 0 aliphatic carbocycles. The average Bonchev–Trinajstić information content (AvgIpc) is 2.74. The maximum Gasteiger partial charge on any atom is 0.317 e. The highest BCUT2D eigenvalue weighted by atomic mass is 79.9. The molecule has 2 rings (SSSR count). The average molecular weight is 435 g/mol. The SMILES string of the molecule is CN(CC(=O)O)C1CCCN(CC(=O)Nc2ccc(Br)cc2)CC1.Cl. The molecule has 1 atom stereocenters. The van der Waals surface area contributed by atoms with Crippen molar-refractivity contribution in [1.29, 1.82) is 0 Å². The van der Waals surface area contributed by atoms with Crippen LogP contribution in [0.15, 0.2) is 28.7 Å². The second kappa shape index (κ2) is 10.8. The number of likely N-dealkylation sites (N-methyl/N-ethyl adjacent to an activating group) is 1. The van der Waals surface area contributed by atoms with Crippen LogP contribution in [0.5, 0.6) is 0 Å². The Balaban J connectivity index is 0.00000312. The molecule has 2 N–H and O–H groups in total. The maximum atomic E-state index is 12.2. The van der Waals surface area contributed by atoms with Gasteiger partial charge in [0.1, 0.15) is 0 Å². The molecule has 1 aliphatic rings. The van der Waals surface area contributed by atoms with Gasteiger partial charge >= 0.3 is 5.97 Å². The summed E-state index contributed by atoms with van der Waals surface area (Å²) in [5, 5.41) is 11.8. The number of hydrogen-bond acceptors (Lipinski definition) is 4. The smallest absolute Gasteiger partial charge is 0.317 e. The molecule has 1 unspecified atom stereocenters. The lowest BCUT2D eigenvalue weighted by molar-refractivity contribution is -0.138. The van der Waals surface area contributed by atoms with E-state index in [-0.39, 0.29) is 30.9 Å². The molecule has 1 aliphatic heterocycles. The first-order valence-electron chi connectivity index (χ1n) is 8.14. The number of halogens is 2. The minimum Gasteiger partial charge on any atom is -0.480 e. The Labute approximate surface area is 163 Å². The van der Waals surface area contributed by atoms with E-state index >= 15 is 0 Å². The van der Waals surface area contributed by atoms with Crippen LogP contribution in [0.1, 0.15) is 19.3 Å². The fourth-order valence-electron chi connectivity index (χ4n) is 3.02. The molecular weight excluding hydrogens is 410 g/mol.